The second kappa shape index (κ2) is 8.75. The van der Waals surface area contributed by atoms with Crippen molar-refractivity contribution in [1.82, 2.24) is 4.98 Å². The molecule has 1 aromatic heterocycles. The molecule has 1 aliphatic heterocycles. The first kappa shape index (κ1) is 25.2. The normalized spacial score (nSPS) is 18.7. The SMILES string of the molecule is Cc1cc(C(F)(F)F)c(C#N)c(N2C[C@@H](O)C[C@H]2C(=O)N(C)c2ccc(C(F)(F)F)c(F)c2)n1. The van der Waals surface area contributed by atoms with Crippen LogP contribution in [0.25, 0.3) is 0 Å². The standard InChI is InChI=1S/C21H17F7N4O2/c1-10-5-15(21(26,27)28)13(8-29)18(30-10)32-9-12(33)7-17(32)19(34)31(2)11-3-4-14(16(22)6-11)20(23,24)25/h3-6,12,17,33H,7,9H2,1-2H3/t12-,17-/m0/s1. The Morgan fingerprint density at radius 3 is 2.32 bits per heavy atom. The van der Waals surface area contributed by atoms with Crippen LogP contribution < -0.4 is 9.80 Å². The van der Waals surface area contributed by atoms with E-state index in [1.54, 1.807) is 0 Å². The van der Waals surface area contributed by atoms with Crippen LogP contribution in [0.2, 0.25) is 0 Å². The van der Waals surface area contributed by atoms with Crippen molar-refractivity contribution in [3.63, 3.8) is 0 Å². The zero-order valence-corrected chi connectivity index (χ0v) is 17.7. The quantitative estimate of drug-likeness (QED) is 0.657. The van der Waals surface area contributed by atoms with Gasteiger partial charge in [-0.15, -0.1) is 0 Å². The van der Waals surface area contributed by atoms with Gasteiger partial charge in [0.15, 0.2) is 0 Å². The highest BCUT2D eigenvalue weighted by Gasteiger charge is 2.43. The summed E-state index contributed by atoms with van der Waals surface area (Å²) in [6.45, 7) is 0.939. The van der Waals surface area contributed by atoms with Crippen molar-refractivity contribution in [2.45, 2.75) is 37.8 Å². The topological polar surface area (TPSA) is 80.5 Å². The second-order valence-corrected chi connectivity index (χ2v) is 7.74. The predicted molar refractivity (Wildman–Crippen MR) is 105 cm³/mol. The molecule has 0 unspecified atom stereocenters. The van der Waals surface area contributed by atoms with Crippen molar-refractivity contribution in [2.24, 2.45) is 0 Å². The van der Waals surface area contributed by atoms with E-state index in [9.17, 15) is 45.9 Å². The number of carbonyl (C=O) groups excluding carboxylic acids is 1. The number of carbonyl (C=O) groups is 1. The van der Waals surface area contributed by atoms with Gasteiger partial charge in [-0.2, -0.15) is 31.6 Å². The van der Waals surface area contributed by atoms with Crippen molar-refractivity contribution in [3.05, 3.63) is 52.5 Å². The number of aliphatic hydroxyl groups is 1. The summed E-state index contributed by atoms with van der Waals surface area (Å²) in [4.78, 5) is 19.0. The summed E-state index contributed by atoms with van der Waals surface area (Å²) in [6, 6.07) is 2.65. The number of aryl methyl sites for hydroxylation is 1. The maximum Gasteiger partial charge on any atom is 0.419 e. The zero-order valence-electron chi connectivity index (χ0n) is 17.7. The lowest BCUT2D eigenvalue weighted by atomic mass is 10.1. The fourth-order valence-electron chi connectivity index (χ4n) is 3.77. The molecule has 0 radical (unpaired) electrons. The van der Waals surface area contributed by atoms with E-state index in [4.69, 9.17) is 0 Å². The Kier molecular flexibility index (Phi) is 6.49. The Hall–Kier alpha value is -3.40. The number of nitriles is 1. The maximum atomic E-state index is 14.0. The number of likely N-dealkylation sites (N-methyl/N-ethyl adjacent to an activating group) is 1. The van der Waals surface area contributed by atoms with E-state index in [1.807, 2.05) is 0 Å². The number of hydrogen-bond donors (Lipinski definition) is 1. The largest absolute Gasteiger partial charge is 0.419 e. The summed E-state index contributed by atoms with van der Waals surface area (Å²) >= 11 is 0. The number of nitrogens with zero attached hydrogens (tertiary/aromatic N) is 4. The summed E-state index contributed by atoms with van der Waals surface area (Å²) in [5.41, 5.74) is -3.97. The van der Waals surface area contributed by atoms with E-state index in [2.05, 4.69) is 4.98 Å². The number of halogens is 7. The summed E-state index contributed by atoms with van der Waals surface area (Å²) in [7, 11) is 1.14. The molecule has 182 valence electrons. The van der Waals surface area contributed by atoms with Gasteiger partial charge in [0.2, 0.25) is 5.91 Å². The molecular weight excluding hydrogens is 473 g/mol. The molecule has 1 aromatic carbocycles. The zero-order chi connectivity index (χ0) is 25.6. The van der Waals surface area contributed by atoms with Gasteiger partial charge in [-0.05, 0) is 31.2 Å². The van der Waals surface area contributed by atoms with Crippen LogP contribution in [-0.2, 0) is 17.1 Å². The number of aromatic nitrogens is 1. The summed E-state index contributed by atoms with van der Waals surface area (Å²) in [5, 5.41) is 19.5. The van der Waals surface area contributed by atoms with E-state index in [0.29, 0.717) is 18.2 Å². The molecule has 2 aromatic rings. The first-order valence-electron chi connectivity index (χ1n) is 9.73. The molecule has 0 bridgehead atoms. The number of benzene rings is 1. The smallest absolute Gasteiger partial charge is 0.391 e. The van der Waals surface area contributed by atoms with Gasteiger partial charge in [-0.1, -0.05) is 0 Å². The molecule has 3 rings (SSSR count). The Labute approximate surface area is 188 Å². The second-order valence-electron chi connectivity index (χ2n) is 7.74. The van der Waals surface area contributed by atoms with Crippen LogP contribution in [0.15, 0.2) is 24.3 Å². The molecule has 1 aliphatic rings. The van der Waals surface area contributed by atoms with E-state index in [0.717, 1.165) is 22.9 Å². The van der Waals surface area contributed by atoms with E-state index in [-0.39, 0.29) is 24.3 Å². The maximum absolute atomic E-state index is 14.0. The molecule has 6 nitrogen and oxygen atoms in total. The molecule has 0 spiro atoms. The van der Waals surface area contributed by atoms with Gasteiger partial charge in [0.25, 0.3) is 0 Å². The minimum atomic E-state index is -4.95. The van der Waals surface area contributed by atoms with Crippen molar-refractivity contribution >= 4 is 17.4 Å². The van der Waals surface area contributed by atoms with Gasteiger partial charge < -0.3 is 14.9 Å². The molecule has 13 heteroatoms. The number of hydrogen-bond acceptors (Lipinski definition) is 5. The van der Waals surface area contributed by atoms with Crippen LogP contribution in [0.5, 0.6) is 0 Å². The molecule has 1 saturated heterocycles. The Morgan fingerprint density at radius 1 is 1.18 bits per heavy atom. The lowest BCUT2D eigenvalue weighted by Gasteiger charge is -2.30. The number of pyridine rings is 1. The summed E-state index contributed by atoms with van der Waals surface area (Å²) < 4.78 is 92.9. The summed E-state index contributed by atoms with van der Waals surface area (Å²) in [5.74, 6) is -2.93. The first-order valence-corrected chi connectivity index (χ1v) is 9.73. The van der Waals surface area contributed by atoms with Gasteiger partial charge in [0.05, 0.1) is 17.2 Å². The number of rotatable bonds is 3. The van der Waals surface area contributed by atoms with Crippen LogP contribution in [0, 0.1) is 24.1 Å². The van der Waals surface area contributed by atoms with Gasteiger partial charge >= 0.3 is 12.4 Å². The van der Waals surface area contributed by atoms with Crippen LogP contribution >= 0.6 is 0 Å². The van der Waals surface area contributed by atoms with Crippen molar-refractivity contribution < 1.29 is 40.6 Å². The highest BCUT2D eigenvalue weighted by molar-refractivity contribution is 5.99. The predicted octanol–water partition coefficient (Wildman–Crippen LogP) is 4.04. The number of aliphatic hydroxyl groups excluding tert-OH is 1. The van der Waals surface area contributed by atoms with Gasteiger partial charge in [0.1, 0.15) is 29.3 Å². The lowest BCUT2D eigenvalue weighted by Crippen LogP contribution is -2.45. The number of amides is 1. The van der Waals surface area contributed by atoms with Crippen molar-refractivity contribution in [2.75, 3.05) is 23.4 Å². The van der Waals surface area contributed by atoms with E-state index >= 15 is 0 Å². The Morgan fingerprint density at radius 2 is 1.79 bits per heavy atom. The minimum Gasteiger partial charge on any atom is -0.391 e. The Bertz CT molecular complexity index is 1160. The molecule has 34 heavy (non-hydrogen) atoms. The van der Waals surface area contributed by atoms with Crippen LogP contribution in [0.1, 0.15) is 28.8 Å². The van der Waals surface area contributed by atoms with Gasteiger partial charge in [-0.3, -0.25) is 4.79 Å². The molecule has 1 amide bonds. The third kappa shape index (κ3) is 4.77. The third-order valence-corrected chi connectivity index (χ3v) is 5.36. The lowest BCUT2D eigenvalue weighted by molar-refractivity contribution is -0.140. The number of β-amino-alcohol motifs (C(OH)–C–C–N with tert-alkyl or cyclic N) is 1. The first-order chi connectivity index (χ1) is 15.6. The molecule has 0 aliphatic carbocycles. The molecule has 2 heterocycles. The molecule has 0 saturated carbocycles. The molecule has 1 fully saturated rings. The van der Waals surface area contributed by atoms with E-state index in [1.165, 1.54) is 13.0 Å². The average Bonchev–Trinajstić information content (AvgIpc) is 3.11. The summed E-state index contributed by atoms with van der Waals surface area (Å²) in [6.07, 6.45) is -11.3. The highest BCUT2D eigenvalue weighted by Crippen LogP contribution is 2.38. The third-order valence-electron chi connectivity index (χ3n) is 5.36. The van der Waals surface area contributed by atoms with Gasteiger partial charge in [-0.25, -0.2) is 9.37 Å². The van der Waals surface area contributed by atoms with Gasteiger partial charge in [0, 0.05) is 31.4 Å². The number of anilines is 2. The number of alkyl halides is 6. The van der Waals surface area contributed by atoms with Crippen molar-refractivity contribution in [1.29, 1.82) is 5.26 Å². The molecular formula is C21H17F7N4O2. The van der Waals surface area contributed by atoms with Crippen LogP contribution in [-0.4, -0.2) is 41.7 Å². The van der Waals surface area contributed by atoms with Crippen LogP contribution in [0.3, 0.4) is 0 Å². The fourth-order valence-corrected chi connectivity index (χ4v) is 3.77. The van der Waals surface area contributed by atoms with Crippen molar-refractivity contribution in [3.8, 4) is 6.07 Å². The monoisotopic (exact) mass is 490 g/mol. The average molecular weight is 490 g/mol. The Balaban J connectivity index is 2.01. The molecule has 1 N–H and O–H groups in total. The van der Waals surface area contributed by atoms with E-state index < -0.39 is 58.7 Å². The molecule has 2 atom stereocenters. The highest BCUT2D eigenvalue weighted by atomic mass is 19.4. The fraction of sp³-hybridized carbons (Fsp3) is 0.381. The van der Waals surface area contributed by atoms with Crippen LogP contribution in [0.4, 0.5) is 42.2 Å². The minimum absolute atomic E-state index is 0.0907.